The molecule has 0 aliphatic rings. The second-order valence-electron chi connectivity index (χ2n) is 3.67. The van der Waals surface area contributed by atoms with Crippen LogP contribution in [0.5, 0.6) is 0 Å². The molecule has 0 spiro atoms. The number of hydrazone groups is 1. The van der Waals surface area contributed by atoms with Crippen LogP contribution in [0, 0.1) is 10.1 Å². The maximum absolute atomic E-state index is 11.7. The number of thiophene rings is 1. The highest BCUT2D eigenvalue weighted by atomic mass is 79.9. The van der Waals surface area contributed by atoms with E-state index in [1.807, 2.05) is 11.4 Å². The van der Waals surface area contributed by atoms with Gasteiger partial charge in [0, 0.05) is 32.4 Å². The molecule has 1 aromatic carbocycles. The number of benzene rings is 1. The lowest BCUT2D eigenvalue weighted by Crippen LogP contribution is -2.17. The highest BCUT2D eigenvalue weighted by Gasteiger charge is 2.08. The van der Waals surface area contributed by atoms with Gasteiger partial charge in [-0.25, -0.2) is 5.43 Å². The summed E-state index contributed by atoms with van der Waals surface area (Å²) in [6, 6.07) is 7.17. The van der Waals surface area contributed by atoms with Crippen LogP contribution in [0.25, 0.3) is 0 Å². The van der Waals surface area contributed by atoms with Crippen molar-refractivity contribution in [3.05, 3.63) is 60.7 Å². The van der Waals surface area contributed by atoms with Crippen molar-refractivity contribution in [2.24, 2.45) is 5.10 Å². The molecular weight excluding hydrogens is 346 g/mol. The van der Waals surface area contributed by atoms with Gasteiger partial charge >= 0.3 is 0 Å². The average molecular weight is 354 g/mol. The van der Waals surface area contributed by atoms with Gasteiger partial charge in [0.05, 0.1) is 11.1 Å². The maximum Gasteiger partial charge on any atom is 0.271 e. The lowest BCUT2D eigenvalue weighted by molar-refractivity contribution is -0.384. The van der Waals surface area contributed by atoms with Crippen molar-refractivity contribution in [1.82, 2.24) is 5.43 Å². The molecule has 2 aromatic rings. The standard InChI is InChI=1S/C12H8BrN3O3S/c13-9-5-11(20-7-9)6-14-15-12(17)8-1-3-10(4-2-8)16(18)19/h1-7H,(H,15,17)/b14-6-. The third-order valence-electron chi connectivity index (χ3n) is 2.29. The van der Waals surface area contributed by atoms with E-state index in [2.05, 4.69) is 26.5 Å². The highest BCUT2D eigenvalue weighted by molar-refractivity contribution is 9.10. The number of amides is 1. The number of carbonyl (C=O) groups excluding carboxylic acids is 1. The second-order valence-corrected chi connectivity index (χ2v) is 5.53. The van der Waals surface area contributed by atoms with Crippen LogP contribution >= 0.6 is 27.3 Å². The molecule has 8 heteroatoms. The lowest BCUT2D eigenvalue weighted by Gasteiger charge is -1.98. The van der Waals surface area contributed by atoms with E-state index < -0.39 is 10.8 Å². The van der Waals surface area contributed by atoms with Gasteiger partial charge in [0.15, 0.2) is 0 Å². The number of hydrogen-bond acceptors (Lipinski definition) is 5. The third-order valence-corrected chi connectivity index (χ3v) is 3.91. The van der Waals surface area contributed by atoms with Gasteiger partial charge in [0.1, 0.15) is 0 Å². The summed E-state index contributed by atoms with van der Waals surface area (Å²) in [6.07, 6.45) is 1.53. The first kappa shape index (κ1) is 14.4. The van der Waals surface area contributed by atoms with E-state index in [9.17, 15) is 14.9 Å². The fourth-order valence-corrected chi connectivity index (χ4v) is 2.65. The zero-order valence-electron chi connectivity index (χ0n) is 9.95. The minimum absolute atomic E-state index is 0.0616. The molecule has 0 saturated carbocycles. The van der Waals surface area contributed by atoms with Gasteiger partial charge in [-0.3, -0.25) is 14.9 Å². The van der Waals surface area contributed by atoms with Crippen molar-refractivity contribution in [2.75, 3.05) is 0 Å². The number of halogens is 1. The maximum atomic E-state index is 11.7. The molecule has 0 fully saturated rings. The SMILES string of the molecule is O=C(N/N=C\c1cc(Br)cs1)c1ccc([N+](=O)[O-])cc1. The molecule has 1 N–H and O–H groups in total. The smallest absolute Gasteiger partial charge is 0.267 e. The topological polar surface area (TPSA) is 84.6 Å². The van der Waals surface area contributed by atoms with Gasteiger partial charge in [-0.2, -0.15) is 5.10 Å². The summed E-state index contributed by atoms with van der Waals surface area (Å²) in [5.74, 6) is -0.424. The minimum atomic E-state index is -0.519. The molecule has 1 amide bonds. The predicted molar refractivity (Wildman–Crippen MR) is 80.2 cm³/mol. The monoisotopic (exact) mass is 353 g/mol. The van der Waals surface area contributed by atoms with Crippen LogP contribution in [-0.4, -0.2) is 17.0 Å². The van der Waals surface area contributed by atoms with Gasteiger partial charge in [-0.1, -0.05) is 0 Å². The van der Waals surface area contributed by atoms with E-state index in [1.165, 1.54) is 41.8 Å². The minimum Gasteiger partial charge on any atom is -0.267 e. The summed E-state index contributed by atoms with van der Waals surface area (Å²) in [5.41, 5.74) is 2.60. The fourth-order valence-electron chi connectivity index (χ4n) is 1.35. The Labute approximate surface area is 126 Å². The van der Waals surface area contributed by atoms with Crippen LogP contribution in [0.15, 0.2) is 45.3 Å². The molecule has 0 unspecified atom stereocenters. The normalized spacial score (nSPS) is 10.7. The van der Waals surface area contributed by atoms with Crippen molar-refractivity contribution < 1.29 is 9.72 Å². The van der Waals surface area contributed by atoms with E-state index in [4.69, 9.17) is 0 Å². The van der Waals surface area contributed by atoms with E-state index in [-0.39, 0.29) is 5.69 Å². The van der Waals surface area contributed by atoms with Gasteiger partial charge in [0.2, 0.25) is 0 Å². The quantitative estimate of drug-likeness (QED) is 0.520. The van der Waals surface area contributed by atoms with E-state index in [1.54, 1.807) is 0 Å². The van der Waals surface area contributed by atoms with Crippen LogP contribution in [0.2, 0.25) is 0 Å². The molecule has 6 nitrogen and oxygen atoms in total. The first-order chi connectivity index (χ1) is 9.56. The molecular formula is C12H8BrN3O3S. The van der Waals surface area contributed by atoms with Gasteiger partial charge in [-0.05, 0) is 34.1 Å². The van der Waals surface area contributed by atoms with Crippen LogP contribution in [0.3, 0.4) is 0 Å². The Kier molecular flexibility index (Phi) is 4.59. The molecule has 1 heterocycles. The summed E-state index contributed by atoms with van der Waals surface area (Å²) in [4.78, 5) is 22.6. The molecule has 0 aliphatic carbocycles. The van der Waals surface area contributed by atoms with E-state index in [0.29, 0.717) is 5.56 Å². The Hall–Kier alpha value is -2.06. The summed E-state index contributed by atoms with van der Waals surface area (Å²) in [6.45, 7) is 0. The zero-order valence-corrected chi connectivity index (χ0v) is 12.3. The first-order valence-electron chi connectivity index (χ1n) is 5.38. The number of carbonyl (C=O) groups is 1. The van der Waals surface area contributed by atoms with Crippen molar-refractivity contribution in [3.63, 3.8) is 0 Å². The summed E-state index contributed by atoms with van der Waals surface area (Å²) >= 11 is 4.79. The number of nitrogens with zero attached hydrogens (tertiary/aromatic N) is 2. The van der Waals surface area contributed by atoms with Crippen LogP contribution < -0.4 is 5.43 Å². The van der Waals surface area contributed by atoms with Crippen molar-refractivity contribution >= 4 is 45.1 Å². The molecule has 20 heavy (non-hydrogen) atoms. The third kappa shape index (κ3) is 3.72. The number of rotatable bonds is 4. The lowest BCUT2D eigenvalue weighted by atomic mass is 10.2. The summed E-state index contributed by atoms with van der Waals surface area (Å²) < 4.78 is 0.950. The molecule has 0 saturated heterocycles. The molecule has 102 valence electrons. The first-order valence-corrected chi connectivity index (χ1v) is 7.05. The number of nitro groups is 1. The van der Waals surface area contributed by atoms with Gasteiger partial charge in [0.25, 0.3) is 11.6 Å². The Morgan fingerprint density at radius 2 is 2.10 bits per heavy atom. The number of hydrogen-bond donors (Lipinski definition) is 1. The van der Waals surface area contributed by atoms with Crippen LogP contribution in [0.1, 0.15) is 15.2 Å². The molecule has 1 aromatic heterocycles. The Bertz CT molecular complexity index is 667. The largest absolute Gasteiger partial charge is 0.271 e. The molecule has 0 radical (unpaired) electrons. The molecule has 0 bridgehead atoms. The van der Waals surface area contributed by atoms with Crippen LogP contribution in [-0.2, 0) is 0 Å². The van der Waals surface area contributed by atoms with Crippen molar-refractivity contribution in [1.29, 1.82) is 0 Å². The number of nitro benzene ring substituents is 1. The molecule has 0 aliphatic heterocycles. The Balaban J connectivity index is 1.98. The van der Waals surface area contributed by atoms with Gasteiger partial charge in [-0.15, -0.1) is 11.3 Å². The fraction of sp³-hybridized carbons (Fsp3) is 0. The van der Waals surface area contributed by atoms with Crippen molar-refractivity contribution in [2.45, 2.75) is 0 Å². The zero-order chi connectivity index (χ0) is 14.5. The number of non-ortho nitro benzene ring substituents is 1. The van der Waals surface area contributed by atoms with E-state index in [0.717, 1.165) is 9.35 Å². The Morgan fingerprint density at radius 1 is 1.40 bits per heavy atom. The summed E-state index contributed by atoms with van der Waals surface area (Å²) in [7, 11) is 0. The summed E-state index contributed by atoms with van der Waals surface area (Å²) in [5, 5.41) is 16.2. The second kappa shape index (κ2) is 6.40. The van der Waals surface area contributed by atoms with E-state index >= 15 is 0 Å². The Morgan fingerprint density at radius 3 is 2.65 bits per heavy atom. The van der Waals surface area contributed by atoms with Crippen molar-refractivity contribution in [3.8, 4) is 0 Å². The molecule has 0 atom stereocenters. The van der Waals surface area contributed by atoms with Crippen LogP contribution in [0.4, 0.5) is 5.69 Å². The molecule has 2 rings (SSSR count). The average Bonchev–Trinajstić information content (AvgIpc) is 2.84. The highest BCUT2D eigenvalue weighted by Crippen LogP contribution is 2.17. The van der Waals surface area contributed by atoms with Gasteiger partial charge < -0.3 is 0 Å². The number of nitrogens with one attached hydrogen (secondary N) is 1. The predicted octanol–water partition coefficient (Wildman–Crippen LogP) is 3.18.